The lowest BCUT2D eigenvalue weighted by Crippen LogP contribution is -2.42. The van der Waals surface area contributed by atoms with Gasteiger partial charge in [-0.15, -0.1) is 0 Å². The zero-order chi connectivity index (χ0) is 15.0. The molecule has 2 N–H and O–H groups in total. The summed E-state index contributed by atoms with van der Waals surface area (Å²) in [6.07, 6.45) is 0.672. The average molecular weight is 274 g/mol. The van der Waals surface area contributed by atoms with Crippen LogP contribution in [0.25, 0.3) is 0 Å². The number of alkyl carbamates (subject to hydrolysis) is 1. The van der Waals surface area contributed by atoms with Crippen LogP contribution in [0, 0.1) is 11.3 Å². The van der Waals surface area contributed by atoms with E-state index in [-0.39, 0.29) is 13.0 Å². The highest BCUT2D eigenvalue weighted by Gasteiger charge is 2.20. The summed E-state index contributed by atoms with van der Waals surface area (Å²) in [5.41, 5.74) is 1.18. The molecule has 6 nitrogen and oxygen atoms in total. The Balaban J connectivity index is 2.67. The minimum Gasteiger partial charge on any atom is -0.480 e. The Morgan fingerprint density at radius 1 is 1.45 bits per heavy atom. The minimum absolute atomic E-state index is 0.00897. The van der Waals surface area contributed by atoms with Crippen molar-refractivity contribution in [3.05, 3.63) is 48.0 Å². The number of carbonyl (C=O) groups excluding carboxylic acids is 1. The molecule has 6 heteroatoms. The number of carboxylic acid groups (broad SMARTS) is 1. The Morgan fingerprint density at radius 3 is 2.60 bits per heavy atom. The van der Waals surface area contributed by atoms with Gasteiger partial charge in [0.15, 0.2) is 0 Å². The van der Waals surface area contributed by atoms with Gasteiger partial charge in [0, 0.05) is 6.42 Å². The summed E-state index contributed by atoms with van der Waals surface area (Å²) < 4.78 is 4.67. The Kier molecular flexibility index (Phi) is 5.78. The van der Waals surface area contributed by atoms with E-state index in [2.05, 4.69) is 16.6 Å². The van der Waals surface area contributed by atoms with Crippen molar-refractivity contribution in [1.29, 1.82) is 5.26 Å². The van der Waals surface area contributed by atoms with Gasteiger partial charge in [-0.25, -0.2) is 9.59 Å². The fourth-order valence-corrected chi connectivity index (χ4v) is 1.47. The first-order valence-corrected chi connectivity index (χ1v) is 5.83. The largest absolute Gasteiger partial charge is 0.480 e. The van der Waals surface area contributed by atoms with Crippen molar-refractivity contribution in [2.24, 2.45) is 0 Å². The number of amides is 1. The normalized spacial score (nSPS) is 10.9. The van der Waals surface area contributed by atoms with E-state index in [9.17, 15) is 9.59 Å². The molecule has 1 atom stereocenters. The average Bonchev–Trinajstić information content (AvgIpc) is 2.45. The van der Waals surface area contributed by atoms with Gasteiger partial charge >= 0.3 is 12.1 Å². The molecular formula is C14H14N2O4. The second-order valence-corrected chi connectivity index (χ2v) is 3.94. The summed E-state index contributed by atoms with van der Waals surface area (Å²) in [7, 11) is 0. The zero-order valence-corrected chi connectivity index (χ0v) is 10.7. The van der Waals surface area contributed by atoms with E-state index in [0.29, 0.717) is 11.1 Å². The Bertz CT molecular complexity index is 531. The number of carboxylic acids is 1. The number of nitrogens with one attached hydrogen (secondary N) is 1. The zero-order valence-electron chi connectivity index (χ0n) is 10.7. The molecule has 0 saturated carbocycles. The molecular weight excluding hydrogens is 260 g/mol. The smallest absolute Gasteiger partial charge is 0.408 e. The maximum atomic E-state index is 11.3. The van der Waals surface area contributed by atoms with Gasteiger partial charge in [-0.3, -0.25) is 0 Å². The van der Waals surface area contributed by atoms with Crippen LogP contribution in [-0.4, -0.2) is 29.8 Å². The molecule has 0 bridgehead atoms. The third-order valence-corrected chi connectivity index (χ3v) is 2.45. The fourth-order valence-electron chi connectivity index (χ4n) is 1.47. The van der Waals surface area contributed by atoms with E-state index in [4.69, 9.17) is 10.4 Å². The van der Waals surface area contributed by atoms with Gasteiger partial charge in [0.1, 0.15) is 12.6 Å². The van der Waals surface area contributed by atoms with Gasteiger partial charge in [0.2, 0.25) is 0 Å². The van der Waals surface area contributed by atoms with Crippen molar-refractivity contribution in [2.45, 2.75) is 12.5 Å². The van der Waals surface area contributed by atoms with Crippen LogP contribution in [0.4, 0.5) is 4.79 Å². The van der Waals surface area contributed by atoms with Gasteiger partial charge in [-0.05, 0) is 17.7 Å². The van der Waals surface area contributed by atoms with Gasteiger partial charge in [-0.1, -0.05) is 24.8 Å². The van der Waals surface area contributed by atoms with E-state index in [1.54, 1.807) is 24.3 Å². The highest BCUT2D eigenvalue weighted by atomic mass is 16.5. The topological polar surface area (TPSA) is 99.4 Å². The molecule has 1 aromatic carbocycles. The first kappa shape index (κ1) is 15.2. The minimum atomic E-state index is -1.16. The second-order valence-electron chi connectivity index (χ2n) is 3.94. The molecule has 0 aliphatic heterocycles. The van der Waals surface area contributed by atoms with Crippen molar-refractivity contribution in [3.8, 4) is 6.07 Å². The molecule has 0 fully saturated rings. The number of carbonyl (C=O) groups is 2. The van der Waals surface area contributed by atoms with Crippen LogP contribution in [0.5, 0.6) is 0 Å². The maximum absolute atomic E-state index is 11.3. The first-order chi connectivity index (χ1) is 9.56. The van der Waals surface area contributed by atoms with Crippen molar-refractivity contribution in [1.82, 2.24) is 5.32 Å². The number of rotatable bonds is 6. The Hall–Kier alpha value is -2.81. The predicted molar refractivity (Wildman–Crippen MR) is 71.0 cm³/mol. The summed E-state index contributed by atoms with van der Waals surface area (Å²) in [5, 5.41) is 20.0. The van der Waals surface area contributed by atoms with E-state index in [1.807, 2.05) is 6.07 Å². The molecule has 0 saturated heterocycles. The van der Waals surface area contributed by atoms with Crippen LogP contribution in [0.2, 0.25) is 0 Å². The number of ether oxygens (including phenoxy) is 1. The van der Waals surface area contributed by atoms with E-state index in [0.717, 1.165) is 0 Å². The van der Waals surface area contributed by atoms with Crippen molar-refractivity contribution >= 4 is 12.1 Å². The highest BCUT2D eigenvalue weighted by molar-refractivity contribution is 5.80. The quantitative estimate of drug-likeness (QED) is 0.765. The lowest BCUT2D eigenvalue weighted by Gasteiger charge is -2.14. The number of aliphatic carboxylic acids is 1. The van der Waals surface area contributed by atoms with Gasteiger partial charge in [0.25, 0.3) is 0 Å². The standard InChI is InChI=1S/C14H14N2O4/c1-2-7-20-14(19)16-12(13(17)18)8-10-3-5-11(9-15)6-4-10/h2-6,12H,1,7-8H2,(H,16,19)(H,17,18). The Labute approximate surface area is 116 Å². The van der Waals surface area contributed by atoms with Crippen LogP contribution < -0.4 is 5.32 Å². The second kappa shape index (κ2) is 7.59. The summed E-state index contributed by atoms with van der Waals surface area (Å²) in [6, 6.07) is 7.34. The van der Waals surface area contributed by atoms with Crippen LogP contribution >= 0.6 is 0 Å². The van der Waals surface area contributed by atoms with E-state index < -0.39 is 18.1 Å². The molecule has 1 unspecified atom stereocenters. The predicted octanol–water partition coefficient (Wildman–Crippen LogP) is 1.47. The molecule has 1 rings (SSSR count). The van der Waals surface area contributed by atoms with Crippen molar-refractivity contribution < 1.29 is 19.4 Å². The van der Waals surface area contributed by atoms with Gasteiger partial charge in [-0.2, -0.15) is 5.26 Å². The third-order valence-electron chi connectivity index (χ3n) is 2.45. The molecule has 1 amide bonds. The van der Waals surface area contributed by atoms with Crippen LogP contribution in [0.3, 0.4) is 0 Å². The van der Waals surface area contributed by atoms with Crippen molar-refractivity contribution in [2.75, 3.05) is 6.61 Å². The summed E-state index contributed by atoms with van der Waals surface area (Å²) in [4.78, 5) is 22.4. The molecule has 0 radical (unpaired) electrons. The summed E-state index contributed by atoms with van der Waals surface area (Å²) in [5.74, 6) is -1.16. The monoisotopic (exact) mass is 274 g/mol. The van der Waals surface area contributed by atoms with Crippen LogP contribution in [-0.2, 0) is 16.0 Å². The lowest BCUT2D eigenvalue weighted by molar-refractivity contribution is -0.139. The molecule has 20 heavy (non-hydrogen) atoms. The van der Waals surface area contributed by atoms with Crippen LogP contribution in [0.15, 0.2) is 36.9 Å². The van der Waals surface area contributed by atoms with Gasteiger partial charge < -0.3 is 15.2 Å². The van der Waals surface area contributed by atoms with E-state index in [1.165, 1.54) is 6.08 Å². The number of benzene rings is 1. The molecule has 1 aromatic rings. The van der Waals surface area contributed by atoms with E-state index >= 15 is 0 Å². The molecule has 0 aliphatic rings. The number of hydrogen-bond acceptors (Lipinski definition) is 4. The van der Waals surface area contributed by atoms with Crippen molar-refractivity contribution in [3.63, 3.8) is 0 Å². The number of nitrogens with zero attached hydrogens (tertiary/aromatic N) is 1. The number of nitriles is 1. The SMILES string of the molecule is C=CCOC(=O)NC(Cc1ccc(C#N)cc1)C(=O)O. The summed E-state index contributed by atoms with van der Waals surface area (Å²) in [6.45, 7) is 3.39. The molecule has 0 spiro atoms. The first-order valence-electron chi connectivity index (χ1n) is 5.83. The van der Waals surface area contributed by atoms with Crippen LogP contribution in [0.1, 0.15) is 11.1 Å². The molecule has 0 heterocycles. The highest BCUT2D eigenvalue weighted by Crippen LogP contribution is 2.07. The number of hydrogen-bond donors (Lipinski definition) is 2. The summed E-state index contributed by atoms with van der Waals surface area (Å²) >= 11 is 0. The fraction of sp³-hybridized carbons (Fsp3) is 0.214. The maximum Gasteiger partial charge on any atom is 0.408 e. The molecule has 104 valence electrons. The third kappa shape index (κ3) is 4.82. The molecule has 0 aromatic heterocycles. The lowest BCUT2D eigenvalue weighted by atomic mass is 10.0. The molecule has 0 aliphatic carbocycles. The van der Waals surface area contributed by atoms with Gasteiger partial charge in [0.05, 0.1) is 11.6 Å². The Morgan fingerprint density at radius 2 is 2.10 bits per heavy atom.